The highest BCUT2D eigenvalue weighted by Crippen LogP contribution is 2.24. The highest BCUT2D eigenvalue weighted by atomic mass is 79.9. The minimum Gasteiger partial charge on any atom is -0.343 e. The largest absolute Gasteiger partial charge is 0.343 e. The normalized spacial score (nSPS) is 23.6. The smallest absolute Gasteiger partial charge is 0.219 e. The van der Waals surface area contributed by atoms with E-state index in [9.17, 15) is 4.79 Å². The van der Waals surface area contributed by atoms with Crippen LogP contribution in [-0.2, 0) is 11.3 Å². The standard InChI is InChI=1S/C14H21BrN2OS/c1-3-11-9-17(10(2)18)7-6-13(11)16-8-12-4-5-14(15)19-12/h4-5,11,13,16H,3,6-9H2,1-2H3. The number of carbonyl (C=O) groups excluding carboxylic acids is 1. The Balaban J connectivity index is 1.87. The van der Waals surface area contributed by atoms with Crippen molar-refractivity contribution in [1.29, 1.82) is 0 Å². The van der Waals surface area contributed by atoms with Crippen LogP contribution in [0.1, 0.15) is 31.6 Å². The van der Waals surface area contributed by atoms with Crippen LogP contribution < -0.4 is 5.32 Å². The number of hydrogen-bond acceptors (Lipinski definition) is 3. The van der Waals surface area contributed by atoms with E-state index in [0.29, 0.717) is 12.0 Å². The summed E-state index contributed by atoms with van der Waals surface area (Å²) in [4.78, 5) is 14.8. The Bertz CT molecular complexity index is 435. The highest BCUT2D eigenvalue weighted by molar-refractivity contribution is 9.11. The molecule has 1 aliphatic heterocycles. The molecule has 2 rings (SSSR count). The summed E-state index contributed by atoms with van der Waals surface area (Å²) in [6.45, 7) is 6.60. The van der Waals surface area contributed by atoms with Crippen molar-refractivity contribution >= 4 is 33.2 Å². The van der Waals surface area contributed by atoms with E-state index in [0.717, 1.165) is 32.5 Å². The van der Waals surface area contributed by atoms with Gasteiger partial charge in [-0.05, 0) is 40.4 Å². The topological polar surface area (TPSA) is 32.3 Å². The molecule has 0 radical (unpaired) electrons. The molecule has 1 fully saturated rings. The zero-order valence-corrected chi connectivity index (χ0v) is 13.9. The first kappa shape index (κ1) is 15.0. The van der Waals surface area contributed by atoms with Gasteiger partial charge in [0.05, 0.1) is 3.79 Å². The Morgan fingerprint density at radius 1 is 1.58 bits per heavy atom. The molecule has 3 nitrogen and oxygen atoms in total. The molecule has 0 aliphatic carbocycles. The Labute approximate surface area is 127 Å². The van der Waals surface area contributed by atoms with Crippen LogP contribution in [0.25, 0.3) is 0 Å². The van der Waals surface area contributed by atoms with E-state index in [4.69, 9.17) is 0 Å². The van der Waals surface area contributed by atoms with Gasteiger partial charge in [-0.25, -0.2) is 0 Å². The van der Waals surface area contributed by atoms with E-state index in [2.05, 4.69) is 40.3 Å². The second kappa shape index (κ2) is 6.86. The summed E-state index contributed by atoms with van der Waals surface area (Å²) < 4.78 is 1.18. The predicted octanol–water partition coefficient (Wildman–Crippen LogP) is 3.25. The van der Waals surface area contributed by atoms with Crippen LogP contribution in [0.4, 0.5) is 0 Å². The molecule has 0 bridgehead atoms. The van der Waals surface area contributed by atoms with E-state index >= 15 is 0 Å². The summed E-state index contributed by atoms with van der Waals surface area (Å²) in [7, 11) is 0. The minimum absolute atomic E-state index is 0.207. The summed E-state index contributed by atoms with van der Waals surface area (Å²) in [6, 6.07) is 4.78. The van der Waals surface area contributed by atoms with Crippen LogP contribution >= 0.6 is 27.3 Å². The second-order valence-electron chi connectivity index (χ2n) is 5.12. The molecule has 1 saturated heterocycles. The number of piperidine rings is 1. The van der Waals surface area contributed by atoms with Crippen molar-refractivity contribution in [3.05, 3.63) is 20.8 Å². The van der Waals surface area contributed by atoms with Gasteiger partial charge in [0, 0.05) is 37.5 Å². The lowest BCUT2D eigenvalue weighted by atomic mass is 9.90. The third-order valence-corrected chi connectivity index (χ3v) is 5.49. The van der Waals surface area contributed by atoms with E-state index in [1.165, 1.54) is 8.66 Å². The molecule has 2 atom stereocenters. The van der Waals surface area contributed by atoms with Gasteiger partial charge in [0.1, 0.15) is 0 Å². The molecule has 0 spiro atoms. The van der Waals surface area contributed by atoms with Crippen molar-refractivity contribution in [2.75, 3.05) is 13.1 Å². The van der Waals surface area contributed by atoms with Crippen LogP contribution in [0.15, 0.2) is 15.9 Å². The van der Waals surface area contributed by atoms with Crippen LogP contribution in [0, 0.1) is 5.92 Å². The second-order valence-corrected chi connectivity index (χ2v) is 7.66. The van der Waals surface area contributed by atoms with E-state index < -0.39 is 0 Å². The maximum absolute atomic E-state index is 11.5. The Morgan fingerprint density at radius 2 is 2.37 bits per heavy atom. The molecule has 1 aliphatic rings. The number of thiophene rings is 1. The molecule has 19 heavy (non-hydrogen) atoms. The summed E-state index contributed by atoms with van der Waals surface area (Å²) in [5.41, 5.74) is 0. The molecule has 2 unspecified atom stereocenters. The maximum atomic E-state index is 11.5. The highest BCUT2D eigenvalue weighted by Gasteiger charge is 2.28. The molecule has 106 valence electrons. The summed E-state index contributed by atoms with van der Waals surface area (Å²) >= 11 is 5.27. The summed E-state index contributed by atoms with van der Waals surface area (Å²) in [5, 5.41) is 3.66. The van der Waals surface area contributed by atoms with Crippen molar-refractivity contribution in [2.45, 2.75) is 39.3 Å². The van der Waals surface area contributed by atoms with Gasteiger partial charge in [0.15, 0.2) is 0 Å². The first-order valence-electron chi connectivity index (χ1n) is 6.83. The summed E-state index contributed by atoms with van der Waals surface area (Å²) in [5.74, 6) is 0.778. The zero-order valence-electron chi connectivity index (χ0n) is 11.5. The van der Waals surface area contributed by atoms with Crippen molar-refractivity contribution in [1.82, 2.24) is 10.2 Å². The molecular weight excluding hydrogens is 324 g/mol. The van der Waals surface area contributed by atoms with Crippen molar-refractivity contribution in [3.8, 4) is 0 Å². The van der Waals surface area contributed by atoms with E-state index in [-0.39, 0.29) is 5.91 Å². The number of hydrogen-bond donors (Lipinski definition) is 1. The van der Waals surface area contributed by atoms with Gasteiger partial charge in [-0.3, -0.25) is 4.79 Å². The fraction of sp³-hybridized carbons (Fsp3) is 0.643. The number of carbonyl (C=O) groups is 1. The van der Waals surface area contributed by atoms with Crippen molar-refractivity contribution < 1.29 is 4.79 Å². The minimum atomic E-state index is 0.207. The fourth-order valence-electron chi connectivity index (χ4n) is 2.68. The number of nitrogens with one attached hydrogen (secondary N) is 1. The van der Waals surface area contributed by atoms with Gasteiger partial charge < -0.3 is 10.2 Å². The first-order chi connectivity index (χ1) is 9.10. The molecular formula is C14H21BrN2OS. The number of nitrogens with zero attached hydrogens (tertiary/aromatic N) is 1. The van der Waals surface area contributed by atoms with Crippen LogP contribution in [0.3, 0.4) is 0 Å². The molecule has 0 saturated carbocycles. The Hall–Kier alpha value is -0.390. The molecule has 1 amide bonds. The third-order valence-electron chi connectivity index (χ3n) is 3.87. The maximum Gasteiger partial charge on any atom is 0.219 e. The van der Waals surface area contributed by atoms with Gasteiger partial charge in [0.2, 0.25) is 5.91 Å². The van der Waals surface area contributed by atoms with Gasteiger partial charge in [0.25, 0.3) is 0 Å². The molecule has 1 N–H and O–H groups in total. The van der Waals surface area contributed by atoms with Gasteiger partial charge >= 0.3 is 0 Å². The molecule has 2 heterocycles. The number of halogens is 1. The average Bonchev–Trinajstić information content (AvgIpc) is 2.81. The lowest BCUT2D eigenvalue weighted by molar-refractivity contribution is -0.131. The van der Waals surface area contributed by atoms with Crippen molar-refractivity contribution in [2.24, 2.45) is 5.92 Å². The van der Waals surface area contributed by atoms with Crippen LogP contribution in [0.5, 0.6) is 0 Å². The first-order valence-corrected chi connectivity index (χ1v) is 8.44. The number of rotatable bonds is 4. The number of amides is 1. The van der Waals surface area contributed by atoms with Gasteiger partial charge in [-0.15, -0.1) is 11.3 Å². The fourth-order valence-corrected chi connectivity index (χ4v) is 4.11. The quantitative estimate of drug-likeness (QED) is 0.909. The number of likely N-dealkylation sites (tertiary alicyclic amines) is 1. The lowest BCUT2D eigenvalue weighted by Gasteiger charge is -2.38. The molecule has 5 heteroatoms. The predicted molar refractivity (Wildman–Crippen MR) is 83.3 cm³/mol. The molecule has 1 aromatic rings. The van der Waals surface area contributed by atoms with E-state index in [1.807, 2.05) is 4.90 Å². The molecule has 0 aromatic carbocycles. The summed E-state index contributed by atoms with van der Waals surface area (Å²) in [6.07, 6.45) is 2.18. The monoisotopic (exact) mass is 344 g/mol. The van der Waals surface area contributed by atoms with E-state index in [1.54, 1.807) is 18.3 Å². The SMILES string of the molecule is CCC1CN(C(C)=O)CCC1NCc1ccc(Br)s1. The Morgan fingerprint density at radius 3 is 2.95 bits per heavy atom. The van der Waals surface area contributed by atoms with Crippen LogP contribution in [0.2, 0.25) is 0 Å². The lowest BCUT2D eigenvalue weighted by Crippen LogP contribution is -2.50. The van der Waals surface area contributed by atoms with Crippen LogP contribution in [-0.4, -0.2) is 29.9 Å². The molecule has 1 aromatic heterocycles. The van der Waals surface area contributed by atoms with Gasteiger partial charge in [-0.1, -0.05) is 13.3 Å². The Kier molecular flexibility index (Phi) is 5.42. The third kappa shape index (κ3) is 4.04. The average molecular weight is 345 g/mol. The zero-order chi connectivity index (χ0) is 13.8. The van der Waals surface area contributed by atoms with Gasteiger partial charge in [-0.2, -0.15) is 0 Å². The van der Waals surface area contributed by atoms with Crippen molar-refractivity contribution in [3.63, 3.8) is 0 Å².